The lowest BCUT2D eigenvalue weighted by Crippen LogP contribution is -2.39. The molecule has 2 bridgehead atoms. The van der Waals surface area contributed by atoms with Crippen LogP contribution in [0.3, 0.4) is 0 Å². The summed E-state index contributed by atoms with van der Waals surface area (Å²) in [7, 11) is 2.33. The first kappa shape index (κ1) is 14.8. The number of hydrogen-bond acceptors (Lipinski definition) is 2. The molecule has 116 valence electrons. The number of fused-ring (bicyclic) bond motifs is 2. The Hall–Kier alpha value is -0.0800. The molecule has 0 aromatic carbocycles. The second-order valence-corrected chi connectivity index (χ2v) is 8.12. The molecule has 2 nitrogen and oxygen atoms in total. The highest BCUT2D eigenvalue weighted by Gasteiger charge is 2.39. The molecule has 3 aliphatic rings. The molecule has 1 N–H and O–H groups in total. The molecule has 0 amide bonds. The van der Waals surface area contributed by atoms with Crippen LogP contribution in [-0.2, 0) is 0 Å². The third kappa shape index (κ3) is 3.76. The van der Waals surface area contributed by atoms with E-state index in [1.165, 1.54) is 64.6 Å². The molecule has 0 spiro atoms. The van der Waals surface area contributed by atoms with Crippen molar-refractivity contribution >= 4 is 0 Å². The lowest BCUT2D eigenvalue weighted by atomic mass is 9.87. The predicted molar refractivity (Wildman–Crippen MR) is 85.9 cm³/mol. The average molecular weight is 278 g/mol. The molecule has 3 saturated carbocycles. The molecule has 0 saturated heterocycles. The molecule has 0 aromatic heterocycles. The summed E-state index contributed by atoms with van der Waals surface area (Å²) in [6.45, 7) is 6.19. The normalized spacial score (nSPS) is 40.6. The van der Waals surface area contributed by atoms with Gasteiger partial charge in [-0.1, -0.05) is 26.2 Å². The van der Waals surface area contributed by atoms with Crippen LogP contribution >= 0.6 is 0 Å². The first-order valence-electron chi connectivity index (χ1n) is 9.12. The summed E-state index contributed by atoms with van der Waals surface area (Å²) in [6, 6.07) is 0.801. The second-order valence-electron chi connectivity index (χ2n) is 8.12. The maximum atomic E-state index is 3.80. The highest BCUT2D eigenvalue weighted by molar-refractivity contribution is 4.91. The first-order chi connectivity index (χ1) is 9.70. The van der Waals surface area contributed by atoms with E-state index in [4.69, 9.17) is 0 Å². The van der Waals surface area contributed by atoms with Gasteiger partial charge in [0, 0.05) is 25.7 Å². The van der Waals surface area contributed by atoms with E-state index in [0.29, 0.717) is 0 Å². The molecule has 0 radical (unpaired) electrons. The summed E-state index contributed by atoms with van der Waals surface area (Å²) in [5.74, 6) is 4.14. The summed E-state index contributed by atoms with van der Waals surface area (Å²) < 4.78 is 0. The summed E-state index contributed by atoms with van der Waals surface area (Å²) in [6.07, 6.45) is 11.8. The molecular formula is C18H34N2. The Morgan fingerprint density at radius 2 is 1.95 bits per heavy atom. The topological polar surface area (TPSA) is 15.3 Å². The van der Waals surface area contributed by atoms with Crippen LogP contribution in [-0.4, -0.2) is 37.6 Å². The van der Waals surface area contributed by atoms with Gasteiger partial charge < -0.3 is 10.2 Å². The third-order valence-corrected chi connectivity index (χ3v) is 6.29. The van der Waals surface area contributed by atoms with E-state index < -0.39 is 0 Å². The minimum absolute atomic E-state index is 0.801. The van der Waals surface area contributed by atoms with Gasteiger partial charge in [0.15, 0.2) is 0 Å². The van der Waals surface area contributed by atoms with E-state index in [1.807, 2.05) is 0 Å². The van der Waals surface area contributed by atoms with E-state index in [1.54, 1.807) is 6.42 Å². The van der Waals surface area contributed by atoms with Gasteiger partial charge in [-0.2, -0.15) is 0 Å². The van der Waals surface area contributed by atoms with Gasteiger partial charge in [-0.05, 0) is 62.8 Å². The van der Waals surface area contributed by atoms with Crippen molar-refractivity contribution in [3.8, 4) is 0 Å². The Balaban J connectivity index is 1.30. The van der Waals surface area contributed by atoms with Gasteiger partial charge in [-0.25, -0.2) is 0 Å². The van der Waals surface area contributed by atoms with Crippen molar-refractivity contribution < 1.29 is 0 Å². The first-order valence-corrected chi connectivity index (χ1v) is 9.12. The van der Waals surface area contributed by atoms with Gasteiger partial charge in [0.1, 0.15) is 0 Å². The smallest absolute Gasteiger partial charge is 0.0104 e. The summed E-state index contributed by atoms with van der Waals surface area (Å²) in [4.78, 5) is 2.59. The van der Waals surface area contributed by atoms with Crippen LogP contribution in [0.2, 0.25) is 0 Å². The Morgan fingerprint density at radius 3 is 2.65 bits per heavy atom. The molecule has 2 heteroatoms. The molecule has 0 aromatic rings. The van der Waals surface area contributed by atoms with E-state index in [9.17, 15) is 0 Å². The quantitative estimate of drug-likeness (QED) is 0.799. The van der Waals surface area contributed by atoms with Gasteiger partial charge in [0.25, 0.3) is 0 Å². The minimum atomic E-state index is 0.801. The van der Waals surface area contributed by atoms with Crippen molar-refractivity contribution in [2.75, 3.05) is 26.7 Å². The zero-order valence-corrected chi connectivity index (χ0v) is 13.6. The van der Waals surface area contributed by atoms with Crippen LogP contribution in [0.15, 0.2) is 0 Å². The van der Waals surface area contributed by atoms with Crippen LogP contribution < -0.4 is 5.32 Å². The molecular weight excluding hydrogens is 244 g/mol. The summed E-state index contributed by atoms with van der Waals surface area (Å²) in [5.41, 5.74) is 0. The van der Waals surface area contributed by atoms with E-state index in [0.717, 1.165) is 29.7 Å². The molecule has 20 heavy (non-hydrogen) atoms. The maximum Gasteiger partial charge on any atom is 0.0104 e. The number of nitrogens with zero attached hydrogens (tertiary/aromatic N) is 1. The van der Waals surface area contributed by atoms with Crippen molar-refractivity contribution in [1.29, 1.82) is 0 Å². The SMILES string of the molecule is CC1CCCC(NCCN(C)CC2CC3CCC2C3)C1. The highest BCUT2D eigenvalue weighted by atomic mass is 15.1. The van der Waals surface area contributed by atoms with Crippen molar-refractivity contribution in [1.82, 2.24) is 10.2 Å². The van der Waals surface area contributed by atoms with Crippen LogP contribution in [0.25, 0.3) is 0 Å². The molecule has 5 unspecified atom stereocenters. The molecule has 3 fully saturated rings. The highest BCUT2D eigenvalue weighted by Crippen LogP contribution is 2.48. The lowest BCUT2D eigenvalue weighted by Gasteiger charge is -2.30. The third-order valence-electron chi connectivity index (χ3n) is 6.29. The Bertz CT molecular complexity index is 304. The molecule has 0 aliphatic heterocycles. The molecule has 5 atom stereocenters. The largest absolute Gasteiger partial charge is 0.313 e. The van der Waals surface area contributed by atoms with Gasteiger partial charge in [0.2, 0.25) is 0 Å². The summed E-state index contributed by atoms with van der Waals surface area (Å²) in [5, 5.41) is 3.80. The van der Waals surface area contributed by atoms with Crippen molar-refractivity contribution in [3.05, 3.63) is 0 Å². The van der Waals surface area contributed by atoms with Crippen LogP contribution in [0.4, 0.5) is 0 Å². The Morgan fingerprint density at radius 1 is 1.05 bits per heavy atom. The fraction of sp³-hybridized carbons (Fsp3) is 1.00. The zero-order chi connectivity index (χ0) is 13.9. The number of nitrogens with one attached hydrogen (secondary N) is 1. The van der Waals surface area contributed by atoms with Gasteiger partial charge in [-0.3, -0.25) is 0 Å². The average Bonchev–Trinajstić information content (AvgIpc) is 3.01. The van der Waals surface area contributed by atoms with Gasteiger partial charge in [-0.15, -0.1) is 0 Å². The Labute approximate surface area is 125 Å². The molecule has 0 heterocycles. The monoisotopic (exact) mass is 278 g/mol. The molecule has 3 aliphatic carbocycles. The van der Waals surface area contributed by atoms with Crippen LogP contribution in [0, 0.1) is 23.7 Å². The lowest BCUT2D eigenvalue weighted by molar-refractivity contribution is 0.213. The molecule has 3 rings (SSSR count). The predicted octanol–water partition coefficient (Wildman–Crippen LogP) is 3.52. The van der Waals surface area contributed by atoms with Gasteiger partial charge in [0.05, 0.1) is 0 Å². The van der Waals surface area contributed by atoms with Gasteiger partial charge >= 0.3 is 0 Å². The van der Waals surface area contributed by atoms with Crippen LogP contribution in [0.5, 0.6) is 0 Å². The van der Waals surface area contributed by atoms with Crippen molar-refractivity contribution in [2.45, 2.75) is 64.3 Å². The van der Waals surface area contributed by atoms with Crippen LogP contribution in [0.1, 0.15) is 58.3 Å². The maximum absolute atomic E-state index is 3.80. The Kier molecular flexibility index (Phi) is 5.04. The zero-order valence-electron chi connectivity index (χ0n) is 13.6. The summed E-state index contributed by atoms with van der Waals surface area (Å²) >= 11 is 0. The fourth-order valence-corrected chi connectivity index (χ4v) is 5.17. The van der Waals surface area contributed by atoms with Crippen molar-refractivity contribution in [2.24, 2.45) is 23.7 Å². The standard InChI is InChI=1S/C18H34N2/c1-14-4-3-5-18(10-14)19-8-9-20(2)13-17-12-15-6-7-16(17)11-15/h14-19H,3-13H2,1-2H3. The van der Waals surface area contributed by atoms with E-state index in [-0.39, 0.29) is 0 Å². The van der Waals surface area contributed by atoms with E-state index in [2.05, 4.69) is 24.2 Å². The van der Waals surface area contributed by atoms with Crippen molar-refractivity contribution in [3.63, 3.8) is 0 Å². The van der Waals surface area contributed by atoms with E-state index >= 15 is 0 Å². The number of hydrogen-bond donors (Lipinski definition) is 1. The second kappa shape index (κ2) is 6.79. The fourth-order valence-electron chi connectivity index (χ4n) is 5.17. The minimum Gasteiger partial charge on any atom is -0.313 e. The number of likely N-dealkylation sites (N-methyl/N-ethyl adjacent to an activating group) is 1. The number of rotatable bonds is 6.